The maximum atomic E-state index is 14.3. The summed E-state index contributed by atoms with van der Waals surface area (Å²) in [5, 5.41) is 0. The average molecular weight is 348 g/mol. The number of rotatable bonds is 4. The zero-order valence-corrected chi connectivity index (χ0v) is 13.5. The van der Waals surface area contributed by atoms with Gasteiger partial charge < -0.3 is 9.47 Å². The first kappa shape index (κ1) is 17.1. The number of benzene rings is 1. The molecule has 1 aromatic carbocycles. The van der Waals surface area contributed by atoms with Crippen LogP contribution in [0.15, 0.2) is 46.1 Å². The standard InChI is InChI=1S/C17H17FN2O5/c1-10-8-20(17(23)19-14(10)21)15-13(18)7-12(25-15)9-24-16(22)11-5-3-2-4-6-11/h2-6,8,12-13,15H,7,9H2,1H3,(H,19,21,23)/t12-,13-,15+/m1/s1. The van der Waals surface area contributed by atoms with Gasteiger partial charge in [0.1, 0.15) is 12.8 Å². The molecule has 1 aliphatic rings. The van der Waals surface area contributed by atoms with E-state index in [2.05, 4.69) is 4.98 Å². The van der Waals surface area contributed by atoms with Crippen molar-refractivity contribution in [2.24, 2.45) is 0 Å². The number of hydrogen-bond acceptors (Lipinski definition) is 5. The molecule has 1 saturated heterocycles. The van der Waals surface area contributed by atoms with Gasteiger partial charge in [-0.05, 0) is 19.1 Å². The van der Waals surface area contributed by atoms with Gasteiger partial charge in [-0.2, -0.15) is 0 Å². The Morgan fingerprint density at radius 2 is 2.08 bits per heavy atom. The van der Waals surface area contributed by atoms with E-state index in [9.17, 15) is 18.8 Å². The number of carbonyl (C=O) groups excluding carboxylic acids is 1. The summed E-state index contributed by atoms with van der Waals surface area (Å²) >= 11 is 0. The molecule has 1 aromatic heterocycles. The van der Waals surface area contributed by atoms with Crippen molar-refractivity contribution in [3.63, 3.8) is 0 Å². The molecule has 0 spiro atoms. The number of halogens is 1. The molecule has 8 heteroatoms. The molecule has 0 unspecified atom stereocenters. The van der Waals surface area contributed by atoms with Gasteiger partial charge in [-0.15, -0.1) is 0 Å². The molecule has 132 valence electrons. The van der Waals surface area contributed by atoms with Gasteiger partial charge in [-0.25, -0.2) is 14.0 Å². The lowest BCUT2D eigenvalue weighted by molar-refractivity contribution is -0.0457. The highest BCUT2D eigenvalue weighted by atomic mass is 19.1. The van der Waals surface area contributed by atoms with E-state index in [-0.39, 0.29) is 18.6 Å². The first-order chi connectivity index (χ1) is 12.0. The van der Waals surface area contributed by atoms with E-state index in [1.807, 2.05) is 0 Å². The monoisotopic (exact) mass is 348 g/mol. The van der Waals surface area contributed by atoms with Crippen LogP contribution in [0.25, 0.3) is 0 Å². The summed E-state index contributed by atoms with van der Waals surface area (Å²) < 4.78 is 25.9. The number of esters is 1. The van der Waals surface area contributed by atoms with Crippen molar-refractivity contribution in [3.05, 3.63) is 68.5 Å². The summed E-state index contributed by atoms with van der Waals surface area (Å²) in [6.45, 7) is 1.39. The van der Waals surface area contributed by atoms with Gasteiger partial charge in [-0.1, -0.05) is 18.2 Å². The smallest absolute Gasteiger partial charge is 0.338 e. The van der Waals surface area contributed by atoms with Crippen molar-refractivity contribution < 1.29 is 18.7 Å². The predicted octanol–water partition coefficient (Wildman–Crippen LogP) is 1.33. The molecule has 0 amide bonds. The number of aromatic amines is 1. The third-order valence-corrected chi connectivity index (χ3v) is 3.96. The van der Waals surface area contributed by atoms with E-state index in [0.29, 0.717) is 5.56 Å². The predicted molar refractivity (Wildman–Crippen MR) is 86.2 cm³/mol. The minimum atomic E-state index is -1.46. The Morgan fingerprint density at radius 1 is 1.36 bits per heavy atom. The van der Waals surface area contributed by atoms with Crippen LogP contribution >= 0.6 is 0 Å². The second-order valence-electron chi connectivity index (χ2n) is 5.84. The Bertz CT molecular complexity index is 877. The fourth-order valence-corrected chi connectivity index (χ4v) is 2.65. The number of hydrogen-bond donors (Lipinski definition) is 1. The average Bonchev–Trinajstić information content (AvgIpc) is 2.97. The van der Waals surface area contributed by atoms with E-state index >= 15 is 0 Å². The van der Waals surface area contributed by atoms with Gasteiger partial charge in [0.2, 0.25) is 0 Å². The molecule has 0 aliphatic carbocycles. The fraction of sp³-hybridized carbons (Fsp3) is 0.353. The van der Waals surface area contributed by atoms with Crippen molar-refractivity contribution >= 4 is 5.97 Å². The largest absolute Gasteiger partial charge is 0.459 e. The number of ether oxygens (including phenoxy) is 2. The first-order valence-corrected chi connectivity index (χ1v) is 7.79. The maximum absolute atomic E-state index is 14.3. The summed E-state index contributed by atoms with van der Waals surface area (Å²) in [4.78, 5) is 37.3. The lowest BCUT2D eigenvalue weighted by atomic mass is 10.2. The molecule has 2 heterocycles. The Morgan fingerprint density at radius 3 is 2.80 bits per heavy atom. The maximum Gasteiger partial charge on any atom is 0.338 e. The van der Waals surface area contributed by atoms with Crippen LogP contribution in [-0.4, -0.2) is 34.4 Å². The number of aromatic nitrogens is 2. The fourth-order valence-electron chi connectivity index (χ4n) is 2.65. The van der Waals surface area contributed by atoms with Crippen LogP contribution < -0.4 is 11.2 Å². The van der Waals surface area contributed by atoms with Gasteiger partial charge in [0.15, 0.2) is 6.23 Å². The molecular weight excluding hydrogens is 331 g/mol. The molecule has 0 radical (unpaired) electrons. The Hall–Kier alpha value is -2.74. The summed E-state index contributed by atoms with van der Waals surface area (Å²) in [7, 11) is 0. The topological polar surface area (TPSA) is 90.4 Å². The molecule has 1 N–H and O–H groups in total. The van der Waals surface area contributed by atoms with Crippen molar-refractivity contribution in [3.8, 4) is 0 Å². The normalized spacial score (nSPS) is 22.7. The zero-order valence-electron chi connectivity index (χ0n) is 13.5. The highest BCUT2D eigenvalue weighted by Crippen LogP contribution is 2.30. The van der Waals surface area contributed by atoms with Crippen molar-refractivity contribution in [1.82, 2.24) is 9.55 Å². The number of carbonyl (C=O) groups is 1. The Balaban J connectivity index is 1.66. The SMILES string of the molecule is Cc1cn([C@H]2O[C@@H](COC(=O)c3ccccc3)C[C@H]2F)c(=O)[nH]c1=O. The second kappa shape index (κ2) is 7.02. The van der Waals surface area contributed by atoms with E-state index in [1.165, 1.54) is 13.1 Å². The van der Waals surface area contributed by atoms with Crippen LogP contribution in [0.2, 0.25) is 0 Å². The van der Waals surface area contributed by atoms with E-state index in [1.54, 1.807) is 30.3 Å². The lowest BCUT2D eigenvalue weighted by Crippen LogP contribution is -2.35. The Labute approximate surface area is 142 Å². The lowest BCUT2D eigenvalue weighted by Gasteiger charge is -2.17. The first-order valence-electron chi connectivity index (χ1n) is 7.79. The third kappa shape index (κ3) is 3.69. The second-order valence-corrected chi connectivity index (χ2v) is 5.84. The number of nitrogens with zero attached hydrogens (tertiary/aromatic N) is 1. The minimum absolute atomic E-state index is 0.0165. The summed E-state index contributed by atoms with van der Waals surface area (Å²) in [5.74, 6) is -0.528. The third-order valence-electron chi connectivity index (χ3n) is 3.96. The number of H-pyrrole nitrogens is 1. The highest BCUT2D eigenvalue weighted by Gasteiger charge is 2.38. The molecule has 7 nitrogen and oxygen atoms in total. The van der Waals surface area contributed by atoms with Crippen LogP contribution in [-0.2, 0) is 9.47 Å². The van der Waals surface area contributed by atoms with Crippen LogP contribution in [0.3, 0.4) is 0 Å². The van der Waals surface area contributed by atoms with Gasteiger partial charge in [0.25, 0.3) is 5.56 Å². The molecule has 1 aliphatic heterocycles. The van der Waals surface area contributed by atoms with Crippen molar-refractivity contribution in [1.29, 1.82) is 0 Å². The van der Waals surface area contributed by atoms with E-state index < -0.39 is 35.7 Å². The van der Waals surface area contributed by atoms with E-state index in [4.69, 9.17) is 9.47 Å². The summed E-state index contributed by atoms with van der Waals surface area (Å²) in [6, 6.07) is 8.42. The van der Waals surface area contributed by atoms with Gasteiger partial charge in [-0.3, -0.25) is 14.3 Å². The number of nitrogens with one attached hydrogen (secondary N) is 1. The number of alkyl halides is 1. The molecular formula is C17H17FN2O5. The van der Waals surface area contributed by atoms with Crippen LogP contribution in [0.5, 0.6) is 0 Å². The molecule has 3 rings (SSSR count). The van der Waals surface area contributed by atoms with Crippen LogP contribution in [0.1, 0.15) is 28.6 Å². The number of aryl methyl sites for hydroxylation is 1. The molecule has 1 fully saturated rings. The molecule has 0 bridgehead atoms. The summed E-state index contributed by atoms with van der Waals surface area (Å²) in [5.41, 5.74) is -0.608. The van der Waals surface area contributed by atoms with Gasteiger partial charge in [0, 0.05) is 18.2 Å². The van der Waals surface area contributed by atoms with Gasteiger partial charge >= 0.3 is 11.7 Å². The molecule has 3 atom stereocenters. The quantitative estimate of drug-likeness (QED) is 0.842. The van der Waals surface area contributed by atoms with Crippen molar-refractivity contribution in [2.45, 2.75) is 31.8 Å². The van der Waals surface area contributed by atoms with Gasteiger partial charge in [0.05, 0.1) is 11.7 Å². The summed E-state index contributed by atoms with van der Waals surface area (Å²) in [6.07, 6.45) is -2.05. The van der Waals surface area contributed by atoms with Crippen LogP contribution in [0, 0.1) is 6.92 Å². The molecule has 0 saturated carbocycles. The molecule has 25 heavy (non-hydrogen) atoms. The Kier molecular flexibility index (Phi) is 4.80. The van der Waals surface area contributed by atoms with Crippen LogP contribution in [0.4, 0.5) is 4.39 Å². The zero-order chi connectivity index (χ0) is 18.0. The highest BCUT2D eigenvalue weighted by molar-refractivity contribution is 5.89. The minimum Gasteiger partial charge on any atom is -0.459 e. The van der Waals surface area contributed by atoms with E-state index in [0.717, 1.165) is 4.57 Å². The van der Waals surface area contributed by atoms with Crippen molar-refractivity contribution in [2.75, 3.05) is 6.61 Å². The molecule has 2 aromatic rings.